The summed E-state index contributed by atoms with van der Waals surface area (Å²) in [5.74, 6) is -5.76. The highest BCUT2D eigenvalue weighted by Crippen LogP contribution is 2.45. The molecule has 36 heavy (non-hydrogen) atoms. The lowest BCUT2D eigenvalue weighted by Gasteiger charge is -2.31. The third kappa shape index (κ3) is 6.08. The van der Waals surface area contributed by atoms with Crippen molar-refractivity contribution in [3.05, 3.63) is 70.8 Å². The van der Waals surface area contributed by atoms with Gasteiger partial charge in [-0.05, 0) is 38.1 Å². The van der Waals surface area contributed by atoms with Gasteiger partial charge in [0, 0.05) is 17.7 Å². The molecule has 0 bridgehead atoms. The van der Waals surface area contributed by atoms with Gasteiger partial charge >= 0.3 is 17.9 Å². The number of aliphatic hydroxyl groups is 1. The molecule has 2 aromatic carbocycles. The summed E-state index contributed by atoms with van der Waals surface area (Å²) < 4.78 is 12.9. The summed E-state index contributed by atoms with van der Waals surface area (Å²) in [5, 5.41) is 33.8. The zero-order chi connectivity index (χ0) is 26.5. The van der Waals surface area contributed by atoms with Crippen molar-refractivity contribution >= 4 is 17.9 Å². The first-order valence-corrected chi connectivity index (χ1v) is 11.5. The maximum Gasteiger partial charge on any atom is 0.336 e. The van der Waals surface area contributed by atoms with Crippen LogP contribution in [0.15, 0.2) is 48.5 Å². The maximum absolute atomic E-state index is 10.3. The molecule has 1 aliphatic heterocycles. The molecule has 0 saturated carbocycles. The molecule has 1 spiro atoms. The largest absolute Gasteiger partial charge is 0.481 e. The van der Waals surface area contributed by atoms with Crippen LogP contribution in [0.1, 0.15) is 35.1 Å². The van der Waals surface area contributed by atoms with Gasteiger partial charge in [-0.2, -0.15) is 0 Å². The summed E-state index contributed by atoms with van der Waals surface area (Å²) in [5.41, 5.74) is 2.26. The molecule has 4 N–H and O–H groups in total. The average molecular weight is 502 g/mol. The minimum atomic E-state index is -2.74. The lowest BCUT2D eigenvalue weighted by atomic mass is 9.93. The topological polar surface area (TPSA) is 154 Å². The Labute approximate surface area is 208 Å². The van der Waals surface area contributed by atoms with E-state index in [0.717, 1.165) is 19.4 Å². The van der Waals surface area contributed by atoms with E-state index in [4.69, 9.17) is 29.9 Å². The van der Waals surface area contributed by atoms with E-state index in [1.807, 2.05) is 0 Å². The number of likely N-dealkylation sites (N-methyl/N-ethyl adjacent to an activating group) is 1. The molecule has 1 aliphatic carbocycles. The molecular weight excluding hydrogens is 470 g/mol. The third-order valence-corrected chi connectivity index (χ3v) is 6.07. The maximum atomic E-state index is 10.3. The van der Waals surface area contributed by atoms with Crippen LogP contribution >= 0.6 is 0 Å². The Balaban J connectivity index is 0.000000240. The standard InChI is InChI=1S/C20H23NO2.C6H8O7/c1-21(2)13-17-14-22-20(23-17)18-9-5-3-7-15(18)11-12-16-8-4-6-10-19(16)20;7-3(8)1-6(13,5(11)12)2-4(9)10/h3-10,17H,11-14H2,1-2H3;13H,1-2H2,(H,7,8)(H,9,10)(H,11,12). The van der Waals surface area contributed by atoms with Crippen molar-refractivity contribution in [2.24, 2.45) is 0 Å². The van der Waals surface area contributed by atoms with Crippen molar-refractivity contribution in [2.75, 3.05) is 27.2 Å². The van der Waals surface area contributed by atoms with E-state index in [0.29, 0.717) is 6.61 Å². The number of ether oxygens (including phenoxy) is 2. The molecule has 194 valence electrons. The highest BCUT2D eigenvalue weighted by atomic mass is 16.7. The van der Waals surface area contributed by atoms with Crippen molar-refractivity contribution < 1.29 is 44.3 Å². The Morgan fingerprint density at radius 2 is 1.39 bits per heavy atom. The molecule has 1 fully saturated rings. The number of aryl methyl sites for hydroxylation is 2. The number of hydrogen-bond donors (Lipinski definition) is 4. The van der Waals surface area contributed by atoms with Gasteiger partial charge in [0.25, 0.3) is 0 Å². The van der Waals surface area contributed by atoms with Gasteiger partial charge in [0.15, 0.2) is 5.60 Å². The van der Waals surface area contributed by atoms with E-state index in [2.05, 4.69) is 67.5 Å². The number of aliphatic carboxylic acids is 3. The summed E-state index contributed by atoms with van der Waals surface area (Å²) in [6.45, 7) is 1.49. The molecule has 10 nitrogen and oxygen atoms in total. The fraction of sp³-hybridized carbons (Fsp3) is 0.423. The van der Waals surface area contributed by atoms with Crippen LogP contribution in [0.25, 0.3) is 0 Å². The summed E-state index contributed by atoms with van der Waals surface area (Å²) in [6.07, 6.45) is -0.146. The molecule has 0 amide bonds. The Hall–Kier alpha value is -3.31. The summed E-state index contributed by atoms with van der Waals surface area (Å²) in [6, 6.07) is 17.1. The second-order valence-electron chi connectivity index (χ2n) is 9.22. The number of hydrogen-bond acceptors (Lipinski definition) is 7. The second-order valence-corrected chi connectivity index (χ2v) is 9.22. The fourth-order valence-corrected chi connectivity index (χ4v) is 4.54. The number of carboxylic acid groups (broad SMARTS) is 3. The van der Waals surface area contributed by atoms with E-state index in [9.17, 15) is 14.4 Å². The van der Waals surface area contributed by atoms with Gasteiger partial charge in [-0.25, -0.2) is 4.79 Å². The number of carboxylic acids is 3. The van der Waals surface area contributed by atoms with Crippen LogP contribution < -0.4 is 0 Å². The minimum absolute atomic E-state index is 0.0872. The van der Waals surface area contributed by atoms with Gasteiger partial charge in [0.2, 0.25) is 5.79 Å². The molecule has 0 radical (unpaired) electrons. The van der Waals surface area contributed by atoms with Crippen LogP contribution in [0.4, 0.5) is 0 Å². The van der Waals surface area contributed by atoms with E-state index in [-0.39, 0.29) is 6.10 Å². The van der Waals surface area contributed by atoms with E-state index in [1.165, 1.54) is 22.3 Å². The molecule has 1 unspecified atom stereocenters. The summed E-state index contributed by atoms with van der Waals surface area (Å²) in [7, 11) is 4.15. The van der Waals surface area contributed by atoms with Crippen LogP contribution in [0, 0.1) is 0 Å². The van der Waals surface area contributed by atoms with Crippen molar-refractivity contribution in [1.29, 1.82) is 0 Å². The smallest absolute Gasteiger partial charge is 0.336 e. The molecule has 4 rings (SSSR count). The Kier molecular flexibility index (Phi) is 8.47. The lowest BCUT2D eigenvalue weighted by molar-refractivity contribution is -0.170. The summed E-state index contributed by atoms with van der Waals surface area (Å²) >= 11 is 0. The first-order valence-electron chi connectivity index (χ1n) is 11.5. The van der Waals surface area contributed by atoms with Crippen molar-refractivity contribution in [3.63, 3.8) is 0 Å². The number of fused-ring (bicyclic) bond motifs is 4. The Morgan fingerprint density at radius 3 is 1.81 bits per heavy atom. The van der Waals surface area contributed by atoms with E-state index < -0.39 is 42.1 Å². The average Bonchev–Trinajstić information content (AvgIpc) is 3.15. The predicted molar refractivity (Wildman–Crippen MR) is 128 cm³/mol. The van der Waals surface area contributed by atoms with Crippen LogP contribution in [-0.2, 0) is 42.5 Å². The molecule has 1 atom stereocenters. The Bertz CT molecular complexity index is 1050. The fourth-order valence-electron chi connectivity index (χ4n) is 4.54. The monoisotopic (exact) mass is 501 g/mol. The Morgan fingerprint density at radius 1 is 0.917 bits per heavy atom. The minimum Gasteiger partial charge on any atom is -0.481 e. The van der Waals surface area contributed by atoms with Crippen molar-refractivity contribution in [1.82, 2.24) is 4.90 Å². The highest BCUT2D eigenvalue weighted by molar-refractivity contribution is 5.88. The van der Waals surface area contributed by atoms with Gasteiger partial charge in [-0.1, -0.05) is 48.5 Å². The van der Waals surface area contributed by atoms with E-state index in [1.54, 1.807) is 0 Å². The van der Waals surface area contributed by atoms with Gasteiger partial charge in [-0.15, -0.1) is 0 Å². The number of nitrogens with zero attached hydrogens (tertiary/aromatic N) is 1. The molecule has 0 aromatic heterocycles. The molecular formula is C26H31NO9. The van der Waals surface area contributed by atoms with Crippen molar-refractivity contribution in [3.8, 4) is 0 Å². The van der Waals surface area contributed by atoms with Gasteiger partial charge in [0.05, 0.1) is 25.6 Å². The van der Waals surface area contributed by atoms with Crippen molar-refractivity contribution in [2.45, 2.75) is 43.2 Å². The van der Waals surface area contributed by atoms with Gasteiger partial charge in [-0.3, -0.25) is 9.59 Å². The van der Waals surface area contributed by atoms with Gasteiger partial charge < -0.3 is 34.8 Å². The quantitative estimate of drug-likeness (QED) is 0.441. The first kappa shape index (κ1) is 27.3. The predicted octanol–water partition coefficient (Wildman–Crippen LogP) is 1.71. The zero-order valence-electron chi connectivity index (χ0n) is 20.2. The molecule has 10 heteroatoms. The first-order chi connectivity index (χ1) is 17.0. The highest BCUT2D eigenvalue weighted by Gasteiger charge is 2.48. The summed E-state index contributed by atoms with van der Waals surface area (Å²) in [4.78, 5) is 32.6. The number of benzene rings is 2. The number of rotatable bonds is 7. The molecule has 2 aromatic rings. The van der Waals surface area contributed by atoms with Crippen LogP contribution in [-0.4, -0.2) is 82.2 Å². The normalized spacial score (nSPS) is 17.9. The molecule has 1 heterocycles. The van der Waals surface area contributed by atoms with Crippen LogP contribution in [0.5, 0.6) is 0 Å². The van der Waals surface area contributed by atoms with Gasteiger partial charge in [0.1, 0.15) is 0 Å². The van der Waals surface area contributed by atoms with Crippen LogP contribution in [0.2, 0.25) is 0 Å². The third-order valence-electron chi connectivity index (χ3n) is 6.07. The van der Waals surface area contributed by atoms with Crippen LogP contribution in [0.3, 0.4) is 0 Å². The number of carbonyl (C=O) groups is 3. The van der Waals surface area contributed by atoms with E-state index >= 15 is 0 Å². The molecule has 2 aliphatic rings. The lowest BCUT2D eigenvalue weighted by Crippen LogP contribution is -2.42. The zero-order valence-corrected chi connectivity index (χ0v) is 20.2. The SMILES string of the molecule is CN(C)CC1COC2(O1)c1ccccc1CCc1ccccc12.O=C(O)CC(O)(CC(=O)O)C(=O)O. The second kappa shape index (κ2) is 11.2. The molecule has 1 saturated heterocycles.